The van der Waals surface area contributed by atoms with E-state index in [0.717, 1.165) is 6.42 Å². The van der Waals surface area contributed by atoms with Crippen LogP contribution in [0.1, 0.15) is 29.4 Å². The molecule has 2 aromatic carbocycles. The van der Waals surface area contributed by atoms with Gasteiger partial charge in [0.2, 0.25) is 17.6 Å². The van der Waals surface area contributed by atoms with Gasteiger partial charge >= 0.3 is 0 Å². The van der Waals surface area contributed by atoms with Gasteiger partial charge in [-0.2, -0.15) is 4.98 Å². The lowest BCUT2D eigenvalue weighted by molar-refractivity contribution is -0.127. The van der Waals surface area contributed by atoms with Crippen LogP contribution in [0.3, 0.4) is 0 Å². The van der Waals surface area contributed by atoms with E-state index in [2.05, 4.69) is 22.3 Å². The summed E-state index contributed by atoms with van der Waals surface area (Å²) in [5.74, 6) is 0.449. The number of benzene rings is 2. The summed E-state index contributed by atoms with van der Waals surface area (Å²) in [7, 11) is 0. The minimum absolute atomic E-state index is 0.0945. The Morgan fingerprint density at radius 3 is 2.81 bits per heavy atom. The Bertz CT molecular complexity index is 955. The second-order valence-electron chi connectivity index (χ2n) is 6.90. The van der Waals surface area contributed by atoms with Gasteiger partial charge in [0.25, 0.3) is 0 Å². The number of carbonyl (C=O) groups is 1. The van der Waals surface area contributed by atoms with E-state index in [1.54, 1.807) is 19.1 Å². The van der Waals surface area contributed by atoms with E-state index >= 15 is 0 Å². The first-order valence-corrected chi connectivity index (χ1v) is 9.02. The second-order valence-corrected chi connectivity index (χ2v) is 6.90. The van der Waals surface area contributed by atoms with Crippen LogP contribution in [0.4, 0.5) is 4.39 Å². The quantitative estimate of drug-likeness (QED) is 0.691. The Kier molecular flexibility index (Phi) is 4.71. The van der Waals surface area contributed by atoms with Crippen molar-refractivity contribution in [1.29, 1.82) is 0 Å². The zero-order valence-electron chi connectivity index (χ0n) is 15.1. The largest absolute Gasteiger partial charge is 0.342 e. The van der Waals surface area contributed by atoms with Gasteiger partial charge in [-0.3, -0.25) is 4.79 Å². The Morgan fingerprint density at radius 2 is 2.04 bits per heavy atom. The fraction of sp³-hybridized carbons (Fsp3) is 0.286. The summed E-state index contributed by atoms with van der Waals surface area (Å²) in [5.41, 5.74) is 2.34. The van der Waals surface area contributed by atoms with Gasteiger partial charge in [-0.1, -0.05) is 47.6 Å². The maximum Gasteiger partial charge on any atom is 0.232 e. The average molecular weight is 365 g/mol. The number of aryl methyl sites for hydroxylation is 1. The molecule has 138 valence electrons. The third kappa shape index (κ3) is 3.74. The predicted molar refractivity (Wildman–Crippen MR) is 98.5 cm³/mol. The van der Waals surface area contributed by atoms with Crippen molar-refractivity contribution in [3.63, 3.8) is 0 Å². The van der Waals surface area contributed by atoms with Crippen LogP contribution in [0.2, 0.25) is 0 Å². The molecule has 1 saturated heterocycles. The molecular weight excluding hydrogens is 345 g/mol. The summed E-state index contributed by atoms with van der Waals surface area (Å²) in [6.07, 6.45) is 1.18. The van der Waals surface area contributed by atoms with Gasteiger partial charge in [0, 0.05) is 25.1 Å². The third-order valence-corrected chi connectivity index (χ3v) is 4.95. The Labute approximate surface area is 156 Å². The molecule has 4 rings (SSSR count). The summed E-state index contributed by atoms with van der Waals surface area (Å²) in [5, 5.41) is 3.96. The number of aromatic nitrogens is 2. The number of hydrogen-bond donors (Lipinski definition) is 0. The second kappa shape index (κ2) is 7.31. The van der Waals surface area contributed by atoms with Crippen molar-refractivity contribution >= 4 is 5.91 Å². The molecule has 0 aliphatic carbocycles. The summed E-state index contributed by atoms with van der Waals surface area (Å²) < 4.78 is 19.1. The summed E-state index contributed by atoms with van der Waals surface area (Å²) in [6, 6.07) is 14.9. The highest BCUT2D eigenvalue weighted by molar-refractivity contribution is 5.79. The average Bonchev–Trinajstić information content (AvgIpc) is 3.30. The number of carbonyl (C=O) groups excluding carboxylic acids is 1. The lowest BCUT2D eigenvalue weighted by atomic mass is 10.1. The molecule has 5 nitrogen and oxygen atoms in total. The van der Waals surface area contributed by atoms with E-state index in [1.165, 1.54) is 11.6 Å². The molecule has 0 bridgehead atoms. The standard InChI is InChI=1S/C21H20FN3O2/c1-14-7-8-16(11-18(14)22)20-23-21(27-24-20)17-12-19(26)25(13-17)10-9-15-5-3-2-4-6-15/h2-8,11,17H,9-10,12-13H2,1H3. The number of halogens is 1. The van der Waals surface area contributed by atoms with Gasteiger partial charge in [0.15, 0.2) is 0 Å². The molecule has 3 aromatic rings. The van der Waals surface area contributed by atoms with Crippen LogP contribution in [-0.2, 0) is 11.2 Å². The molecule has 0 radical (unpaired) electrons. The molecular formula is C21H20FN3O2. The van der Waals surface area contributed by atoms with E-state index in [1.807, 2.05) is 23.1 Å². The van der Waals surface area contributed by atoms with Crippen LogP contribution in [-0.4, -0.2) is 34.0 Å². The van der Waals surface area contributed by atoms with Crippen molar-refractivity contribution in [2.75, 3.05) is 13.1 Å². The monoisotopic (exact) mass is 365 g/mol. The normalized spacial score (nSPS) is 16.9. The highest BCUT2D eigenvalue weighted by Crippen LogP contribution is 2.29. The summed E-state index contributed by atoms with van der Waals surface area (Å²) in [6.45, 7) is 2.94. The van der Waals surface area contributed by atoms with Crippen LogP contribution in [0.25, 0.3) is 11.4 Å². The van der Waals surface area contributed by atoms with Crippen LogP contribution in [0.5, 0.6) is 0 Å². The molecule has 2 heterocycles. The lowest BCUT2D eigenvalue weighted by Crippen LogP contribution is -2.27. The maximum atomic E-state index is 13.8. The molecule has 0 saturated carbocycles. The van der Waals surface area contributed by atoms with E-state index in [-0.39, 0.29) is 17.6 Å². The van der Waals surface area contributed by atoms with E-state index < -0.39 is 0 Å². The topological polar surface area (TPSA) is 59.2 Å². The Balaban J connectivity index is 1.43. The molecule has 1 atom stereocenters. The van der Waals surface area contributed by atoms with Crippen molar-refractivity contribution in [3.05, 3.63) is 71.4 Å². The third-order valence-electron chi connectivity index (χ3n) is 4.95. The van der Waals surface area contributed by atoms with Crippen molar-refractivity contribution in [2.24, 2.45) is 0 Å². The molecule has 1 unspecified atom stereocenters. The SMILES string of the molecule is Cc1ccc(-c2noc(C3CC(=O)N(CCc4ccccc4)C3)n2)cc1F. The van der Waals surface area contributed by atoms with Crippen LogP contribution in [0, 0.1) is 12.7 Å². The summed E-state index contributed by atoms with van der Waals surface area (Å²) >= 11 is 0. The van der Waals surface area contributed by atoms with E-state index in [9.17, 15) is 9.18 Å². The lowest BCUT2D eigenvalue weighted by Gasteiger charge is -2.15. The highest BCUT2D eigenvalue weighted by atomic mass is 19.1. The van der Waals surface area contributed by atoms with Crippen molar-refractivity contribution in [3.8, 4) is 11.4 Å². The van der Waals surface area contributed by atoms with Gasteiger partial charge in [-0.25, -0.2) is 4.39 Å². The molecule has 0 spiro atoms. The van der Waals surface area contributed by atoms with Crippen LogP contribution in [0.15, 0.2) is 53.1 Å². The van der Waals surface area contributed by atoms with E-state index in [0.29, 0.717) is 42.4 Å². The Morgan fingerprint density at radius 1 is 1.22 bits per heavy atom. The van der Waals surface area contributed by atoms with Crippen molar-refractivity contribution in [1.82, 2.24) is 15.0 Å². The van der Waals surface area contributed by atoms with Gasteiger partial charge in [0.05, 0.1) is 5.92 Å². The minimum atomic E-state index is -0.304. The van der Waals surface area contributed by atoms with E-state index in [4.69, 9.17) is 4.52 Å². The molecule has 6 heteroatoms. The molecule has 1 amide bonds. The zero-order valence-corrected chi connectivity index (χ0v) is 15.1. The highest BCUT2D eigenvalue weighted by Gasteiger charge is 2.34. The molecule has 0 N–H and O–H groups in total. The first kappa shape index (κ1) is 17.4. The fourth-order valence-electron chi connectivity index (χ4n) is 3.31. The fourth-order valence-corrected chi connectivity index (χ4v) is 3.31. The molecule has 1 aliphatic heterocycles. The van der Waals surface area contributed by atoms with Gasteiger partial charge < -0.3 is 9.42 Å². The van der Waals surface area contributed by atoms with Crippen molar-refractivity contribution in [2.45, 2.75) is 25.7 Å². The maximum absolute atomic E-state index is 13.8. The van der Waals surface area contributed by atoms with Gasteiger partial charge in [0.1, 0.15) is 5.82 Å². The molecule has 1 fully saturated rings. The first-order valence-electron chi connectivity index (χ1n) is 9.02. The number of nitrogens with zero attached hydrogens (tertiary/aromatic N) is 3. The zero-order chi connectivity index (χ0) is 18.8. The Hall–Kier alpha value is -3.02. The first-order chi connectivity index (χ1) is 13.1. The predicted octanol–water partition coefficient (Wildman–Crippen LogP) is 3.74. The minimum Gasteiger partial charge on any atom is -0.342 e. The van der Waals surface area contributed by atoms with Crippen LogP contribution >= 0.6 is 0 Å². The molecule has 27 heavy (non-hydrogen) atoms. The van der Waals surface area contributed by atoms with Gasteiger partial charge in [-0.15, -0.1) is 0 Å². The van der Waals surface area contributed by atoms with Gasteiger partial charge in [-0.05, 0) is 30.5 Å². The van der Waals surface area contributed by atoms with Crippen molar-refractivity contribution < 1.29 is 13.7 Å². The molecule has 1 aromatic heterocycles. The number of likely N-dealkylation sites (tertiary alicyclic amines) is 1. The smallest absolute Gasteiger partial charge is 0.232 e. The number of rotatable bonds is 5. The number of amides is 1. The molecule has 1 aliphatic rings. The van der Waals surface area contributed by atoms with Crippen LogP contribution < -0.4 is 0 Å². The summed E-state index contributed by atoms with van der Waals surface area (Å²) in [4.78, 5) is 18.6. The number of hydrogen-bond acceptors (Lipinski definition) is 4.